The zero-order valence-electron chi connectivity index (χ0n) is 9.06. The normalized spacial score (nSPS) is 10.9. The summed E-state index contributed by atoms with van der Waals surface area (Å²) in [6.07, 6.45) is 0. The summed E-state index contributed by atoms with van der Waals surface area (Å²) in [4.78, 5) is 11.1. The van der Waals surface area contributed by atoms with Gasteiger partial charge in [-0.05, 0) is 31.5 Å². The van der Waals surface area contributed by atoms with Crippen molar-refractivity contribution < 1.29 is 17.4 Å². The van der Waals surface area contributed by atoms with Crippen LogP contribution < -0.4 is 0 Å². The largest absolute Gasteiger partial charge is 0.349 e. The molecule has 0 saturated heterocycles. The van der Waals surface area contributed by atoms with Crippen LogP contribution in [0, 0.1) is 6.92 Å². The first-order chi connectivity index (χ1) is 7.33. The van der Waals surface area contributed by atoms with Crippen LogP contribution in [0.15, 0.2) is 41.3 Å². The van der Waals surface area contributed by atoms with Crippen molar-refractivity contribution in [1.29, 1.82) is 0 Å². The van der Waals surface area contributed by atoms with Crippen LogP contribution in [0.3, 0.4) is 0 Å². The van der Waals surface area contributed by atoms with Crippen LogP contribution in [0.25, 0.3) is 0 Å². The predicted octanol–water partition coefficient (Wildman–Crippen LogP) is 1.80. The zero-order valence-corrected chi connectivity index (χ0v) is 9.87. The maximum absolute atomic E-state index is 11.6. The highest BCUT2D eigenvalue weighted by Crippen LogP contribution is 2.14. The van der Waals surface area contributed by atoms with Gasteiger partial charge in [-0.2, -0.15) is 8.42 Å². The highest BCUT2D eigenvalue weighted by atomic mass is 32.2. The Labute approximate surface area is 94.7 Å². The number of aryl methyl sites for hydroxylation is 1. The summed E-state index contributed by atoms with van der Waals surface area (Å²) in [5.41, 5.74) is 0.809. The lowest BCUT2D eigenvalue weighted by molar-refractivity contribution is -0.129. The second kappa shape index (κ2) is 4.49. The molecule has 1 aromatic rings. The van der Waals surface area contributed by atoms with E-state index in [0.717, 1.165) is 5.56 Å². The molecule has 5 heteroatoms. The molecule has 86 valence electrons. The molecule has 0 N–H and O–H groups in total. The van der Waals surface area contributed by atoms with E-state index in [-0.39, 0.29) is 10.5 Å². The molecule has 1 rings (SSSR count). The smallest absolute Gasteiger partial charge is 0.338 e. The number of benzene rings is 1. The molecule has 4 nitrogen and oxygen atoms in total. The molecule has 0 spiro atoms. The molecule has 0 unspecified atom stereocenters. The topological polar surface area (TPSA) is 60.4 Å². The van der Waals surface area contributed by atoms with Gasteiger partial charge in [0.1, 0.15) is 4.90 Å². The van der Waals surface area contributed by atoms with Gasteiger partial charge in [0.25, 0.3) is 0 Å². The van der Waals surface area contributed by atoms with Crippen molar-refractivity contribution >= 4 is 16.1 Å². The fourth-order valence-corrected chi connectivity index (χ4v) is 2.00. The molecule has 0 atom stereocenters. The third kappa shape index (κ3) is 2.93. The van der Waals surface area contributed by atoms with E-state index in [1.165, 1.54) is 19.1 Å². The van der Waals surface area contributed by atoms with Crippen molar-refractivity contribution in [2.75, 3.05) is 0 Å². The van der Waals surface area contributed by atoms with Gasteiger partial charge in [-0.1, -0.05) is 18.7 Å². The fourth-order valence-electron chi connectivity index (χ4n) is 0.990. The van der Waals surface area contributed by atoms with Gasteiger partial charge in [-0.3, -0.25) is 0 Å². The maximum Gasteiger partial charge on any atom is 0.349 e. The monoisotopic (exact) mass is 240 g/mol. The van der Waals surface area contributed by atoms with Crippen LogP contribution >= 0.6 is 0 Å². The minimum Gasteiger partial charge on any atom is -0.338 e. The van der Waals surface area contributed by atoms with E-state index in [1.807, 2.05) is 0 Å². The van der Waals surface area contributed by atoms with Gasteiger partial charge >= 0.3 is 16.1 Å². The average Bonchev–Trinajstić information content (AvgIpc) is 2.17. The molecule has 0 radical (unpaired) electrons. The van der Waals surface area contributed by atoms with E-state index in [4.69, 9.17) is 0 Å². The lowest BCUT2D eigenvalue weighted by Crippen LogP contribution is -2.13. The highest BCUT2D eigenvalue weighted by molar-refractivity contribution is 7.87. The minimum atomic E-state index is -4.04. The first-order valence-corrected chi connectivity index (χ1v) is 5.95. The molecule has 1 aromatic carbocycles. The van der Waals surface area contributed by atoms with Crippen LogP contribution in [-0.4, -0.2) is 14.4 Å². The first-order valence-electron chi connectivity index (χ1n) is 4.54. The quantitative estimate of drug-likeness (QED) is 0.597. The Morgan fingerprint density at radius 2 is 2.00 bits per heavy atom. The molecule has 0 heterocycles. The predicted molar refractivity (Wildman–Crippen MR) is 59.3 cm³/mol. The lowest BCUT2D eigenvalue weighted by atomic mass is 10.2. The highest BCUT2D eigenvalue weighted by Gasteiger charge is 2.20. The summed E-state index contributed by atoms with van der Waals surface area (Å²) in [6, 6.07) is 6.13. The Hall–Kier alpha value is -1.62. The summed E-state index contributed by atoms with van der Waals surface area (Å²) >= 11 is 0. The van der Waals surface area contributed by atoms with Crippen LogP contribution in [0.1, 0.15) is 12.5 Å². The summed E-state index contributed by atoms with van der Waals surface area (Å²) < 4.78 is 27.6. The van der Waals surface area contributed by atoms with Crippen LogP contribution in [0.4, 0.5) is 0 Å². The molecule has 0 aliphatic carbocycles. The molecule has 0 bridgehead atoms. The number of carbonyl (C=O) groups excluding carboxylic acids is 1. The van der Waals surface area contributed by atoms with Gasteiger partial charge < -0.3 is 4.18 Å². The molecule has 0 amide bonds. The van der Waals surface area contributed by atoms with E-state index in [0.29, 0.717) is 0 Å². The van der Waals surface area contributed by atoms with Gasteiger partial charge in [0, 0.05) is 5.57 Å². The van der Waals surface area contributed by atoms with Crippen molar-refractivity contribution in [3.63, 3.8) is 0 Å². The lowest BCUT2D eigenvalue weighted by Gasteiger charge is -2.05. The second-order valence-electron chi connectivity index (χ2n) is 3.42. The summed E-state index contributed by atoms with van der Waals surface area (Å²) in [7, 11) is -4.04. The van der Waals surface area contributed by atoms with Gasteiger partial charge in [-0.15, -0.1) is 0 Å². The maximum atomic E-state index is 11.6. The SMILES string of the molecule is C=C(C)C(=O)OS(=O)(=O)c1cccc(C)c1. The number of hydrogen-bond donors (Lipinski definition) is 0. The molecular formula is C11H12O4S. The Balaban J connectivity index is 3.04. The van der Waals surface area contributed by atoms with Crippen LogP contribution in [-0.2, 0) is 19.1 Å². The van der Waals surface area contributed by atoms with Crippen molar-refractivity contribution in [2.24, 2.45) is 0 Å². The average molecular weight is 240 g/mol. The van der Waals surface area contributed by atoms with Gasteiger partial charge in [0.05, 0.1) is 0 Å². The van der Waals surface area contributed by atoms with Gasteiger partial charge in [0.15, 0.2) is 0 Å². The molecule has 0 aliphatic heterocycles. The zero-order chi connectivity index (χ0) is 12.3. The Bertz CT molecular complexity index is 529. The first kappa shape index (κ1) is 12.4. The number of rotatable bonds is 3. The standard InChI is InChI=1S/C11H12O4S/c1-8(2)11(12)15-16(13,14)10-6-4-5-9(3)7-10/h4-7H,1H2,2-3H3. The molecule has 0 aliphatic rings. The van der Waals surface area contributed by atoms with Crippen molar-refractivity contribution in [3.05, 3.63) is 42.0 Å². The number of hydrogen-bond acceptors (Lipinski definition) is 4. The Morgan fingerprint density at radius 3 is 2.50 bits per heavy atom. The van der Waals surface area contributed by atoms with E-state index in [9.17, 15) is 13.2 Å². The van der Waals surface area contributed by atoms with Crippen molar-refractivity contribution in [3.8, 4) is 0 Å². The van der Waals surface area contributed by atoms with E-state index >= 15 is 0 Å². The number of carbonyl (C=O) groups is 1. The van der Waals surface area contributed by atoms with Crippen LogP contribution in [0.2, 0.25) is 0 Å². The fraction of sp³-hybridized carbons (Fsp3) is 0.182. The van der Waals surface area contributed by atoms with Crippen LogP contribution in [0.5, 0.6) is 0 Å². The molecule has 0 saturated carbocycles. The van der Waals surface area contributed by atoms with Gasteiger partial charge in [0.2, 0.25) is 0 Å². The molecule has 0 aromatic heterocycles. The molecular weight excluding hydrogens is 228 g/mol. The van der Waals surface area contributed by atoms with E-state index in [2.05, 4.69) is 10.8 Å². The van der Waals surface area contributed by atoms with Crippen molar-refractivity contribution in [2.45, 2.75) is 18.7 Å². The molecule has 16 heavy (non-hydrogen) atoms. The van der Waals surface area contributed by atoms with Crippen molar-refractivity contribution in [1.82, 2.24) is 0 Å². The summed E-state index contributed by atoms with van der Waals surface area (Å²) in [6.45, 7) is 6.44. The third-order valence-corrected chi connectivity index (χ3v) is 3.01. The Morgan fingerprint density at radius 1 is 1.38 bits per heavy atom. The Kier molecular flexibility index (Phi) is 3.49. The third-order valence-electron chi connectivity index (χ3n) is 1.81. The second-order valence-corrected chi connectivity index (χ2v) is 4.97. The minimum absolute atomic E-state index is 0.0382. The van der Waals surface area contributed by atoms with E-state index < -0.39 is 16.1 Å². The molecule has 0 fully saturated rings. The van der Waals surface area contributed by atoms with Gasteiger partial charge in [-0.25, -0.2) is 4.79 Å². The summed E-state index contributed by atoms with van der Waals surface area (Å²) in [5, 5.41) is 0. The van der Waals surface area contributed by atoms with E-state index in [1.54, 1.807) is 19.1 Å². The summed E-state index contributed by atoms with van der Waals surface area (Å²) in [5.74, 6) is -0.943.